The summed E-state index contributed by atoms with van der Waals surface area (Å²) in [5, 5.41) is 13.7. The third kappa shape index (κ3) is 3.96. The standard InChI is InChI=1S/C22H30N6O2/c1-22(2,3)28-20(24-25-26-28)19(27-11-7-5-6-8-12-27)17-13-15-9-10-16(30-4)14-18(15)23-21(17)29/h9-10,13-14,19H,5-8,11-12H2,1-4H3,(H,23,29)/p+1/t19-/m0/s1. The number of hydrogen-bond donors (Lipinski definition) is 2. The number of benzene rings is 1. The van der Waals surface area contributed by atoms with Crippen molar-refractivity contribution < 1.29 is 9.64 Å². The number of fused-ring (bicyclic) bond motifs is 1. The number of nitrogens with zero attached hydrogens (tertiary/aromatic N) is 4. The van der Waals surface area contributed by atoms with Crippen molar-refractivity contribution in [3.05, 3.63) is 46.0 Å². The van der Waals surface area contributed by atoms with Crippen LogP contribution in [0.15, 0.2) is 29.1 Å². The number of tetrazole rings is 1. The molecule has 1 aliphatic heterocycles. The molecule has 3 heterocycles. The maximum absolute atomic E-state index is 13.3. The maximum Gasteiger partial charge on any atom is 0.258 e. The lowest BCUT2D eigenvalue weighted by Gasteiger charge is -2.29. The normalized spacial score (nSPS) is 17.1. The van der Waals surface area contributed by atoms with Crippen molar-refractivity contribution in [3.8, 4) is 5.75 Å². The van der Waals surface area contributed by atoms with E-state index in [2.05, 4.69) is 41.3 Å². The molecule has 0 unspecified atom stereocenters. The lowest BCUT2D eigenvalue weighted by atomic mass is 10.0. The molecule has 4 rings (SSSR count). The average Bonchev–Trinajstić information content (AvgIpc) is 3.05. The van der Waals surface area contributed by atoms with Gasteiger partial charge >= 0.3 is 0 Å². The topological polar surface area (TPSA) is 90.1 Å². The molecule has 0 spiro atoms. The minimum Gasteiger partial charge on any atom is -0.497 e. The van der Waals surface area contributed by atoms with Crippen LogP contribution in [0.2, 0.25) is 0 Å². The Morgan fingerprint density at radius 1 is 1.13 bits per heavy atom. The molecule has 8 nitrogen and oxygen atoms in total. The molecular weight excluding hydrogens is 380 g/mol. The highest BCUT2D eigenvalue weighted by molar-refractivity contribution is 5.80. The fraction of sp³-hybridized carbons (Fsp3) is 0.545. The van der Waals surface area contributed by atoms with Gasteiger partial charge in [-0.2, -0.15) is 0 Å². The van der Waals surface area contributed by atoms with Crippen molar-refractivity contribution in [2.45, 2.75) is 58.0 Å². The van der Waals surface area contributed by atoms with Crippen molar-refractivity contribution >= 4 is 10.9 Å². The third-order valence-electron chi connectivity index (χ3n) is 5.93. The van der Waals surface area contributed by atoms with Gasteiger partial charge in [-0.25, -0.2) is 4.68 Å². The van der Waals surface area contributed by atoms with E-state index in [0.29, 0.717) is 5.56 Å². The molecule has 0 radical (unpaired) electrons. The molecule has 2 N–H and O–H groups in total. The molecule has 8 heteroatoms. The van der Waals surface area contributed by atoms with Gasteiger partial charge in [-0.15, -0.1) is 5.10 Å². The Bertz CT molecular complexity index is 1070. The summed E-state index contributed by atoms with van der Waals surface area (Å²) >= 11 is 0. The Hall–Kier alpha value is -2.74. The summed E-state index contributed by atoms with van der Waals surface area (Å²) < 4.78 is 7.17. The number of methoxy groups -OCH3 is 1. The Morgan fingerprint density at radius 2 is 1.87 bits per heavy atom. The molecule has 30 heavy (non-hydrogen) atoms. The van der Waals surface area contributed by atoms with Crippen molar-refractivity contribution in [2.75, 3.05) is 20.2 Å². The average molecular weight is 412 g/mol. The second-order valence-corrected chi connectivity index (χ2v) is 9.13. The van der Waals surface area contributed by atoms with Gasteiger partial charge in [0.2, 0.25) is 5.82 Å². The van der Waals surface area contributed by atoms with E-state index >= 15 is 0 Å². The Morgan fingerprint density at radius 3 is 2.53 bits per heavy atom. The van der Waals surface area contributed by atoms with E-state index < -0.39 is 0 Å². The second kappa shape index (κ2) is 8.18. The first-order chi connectivity index (χ1) is 14.4. The fourth-order valence-electron chi connectivity index (χ4n) is 4.40. The minimum absolute atomic E-state index is 0.0963. The smallest absolute Gasteiger partial charge is 0.258 e. The largest absolute Gasteiger partial charge is 0.497 e. The van der Waals surface area contributed by atoms with Gasteiger partial charge in [0, 0.05) is 6.07 Å². The molecule has 1 aromatic carbocycles. The molecule has 1 atom stereocenters. The number of rotatable bonds is 4. The molecule has 0 bridgehead atoms. The van der Waals surface area contributed by atoms with Gasteiger partial charge in [0.1, 0.15) is 5.75 Å². The first-order valence-corrected chi connectivity index (χ1v) is 10.7. The lowest BCUT2D eigenvalue weighted by Crippen LogP contribution is -3.12. The number of hydrogen-bond acceptors (Lipinski definition) is 5. The molecule has 1 saturated heterocycles. The van der Waals surface area contributed by atoms with Crippen LogP contribution in [0.4, 0.5) is 0 Å². The molecule has 160 valence electrons. The number of ether oxygens (including phenoxy) is 1. The highest BCUT2D eigenvalue weighted by Crippen LogP contribution is 2.24. The number of H-pyrrole nitrogens is 1. The van der Waals surface area contributed by atoms with E-state index in [0.717, 1.165) is 48.4 Å². The van der Waals surface area contributed by atoms with Gasteiger partial charge in [-0.1, -0.05) is 0 Å². The second-order valence-electron chi connectivity index (χ2n) is 9.13. The highest BCUT2D eigenvalue weighted by atomic mass is 16.5. The molecule has 1 aliphatic rings. The predicted octanol–water partition coefficient (Wildman–Crippen LogP) is 1.83. The third-order valence-corrected chi connectivity index (χ3v) is 5.93. The van der Waals surface area contributed by atoms with Crippen LogP contribution in [0.3, 0.4) is 0 Å². The summed E-state index contributed by atoms with van der Waals surface area (Å²) in [6, 6.07) is 7.53. The van der Waals surface area contributed by atoms with Gasteiger partial charge in [-0.05, 0) is 80.5 Å². The van der Waals surface area contributed by atoms with Crippen LogP contribution in [0, 0.1) is 0 Å². The number of quaternary nitrogens is 1. The molecule has 2 aromatic heterocycles. The number of nitrogens with one attached hydrogen (secondary N) is 2. The molecule has 0 aliphatic carbocycles. The highest BCUT2D eigenvalue weighted by Gasteiger charge is 2.36. The summed E-state index contributed by atoms with van der Waals surface area (Å²) in [7, 11) is 1.62. The molecule has 0 amide bonds. The van der Waals surface area contributed by atoms with E-state index in [1.165, 1.54) is 17.7 Å². The fourth-order valence-corrected chi connectivity index (χ4v) is 4.40. The Balaban J connectivity index is 1.89. The van der Waals surface area contributed by atoms with Crippen LogP contribution in [0.25, 0.3) is 10.9 Å². The quantitative estimate of drug-likeness (QED) is 0.684. The minimum atomic E-state index is -0.278. The molecule has 3 aromatic rings. The van der Waals surface area contributed by atoms with Gasteiger partial charge in [0.25, 0.3) is 5.56 Å². The Kier molecular flexibility index (Phi) is 5.60. The molecule has 0 saturated carbocycles. The first kappa shape index (κ1) is 20.5. The van der Waals surface area contributed by atoms with Gasteiger partial charge in [0.05, 0.1) is 36.8 Å². The number of likely N-dealkylation sites (tertiary alicyclic amines) is 1. The van der Waals surface area contributed by atoms with Crippen molar-refractivity contribution in [3.63, 3.8) is 0 Å². The van der Waals surface area contributed by atoms with Crippen LogP contribution in [0.1, 0.15) is 63.9 Å². The Labute approximate surface area is 176 Å². The summed E-state index contributed by atoms with van der Waals surface area (Å²) in [5.74, 6) is 1.47. The van der Waals surface area contributed by atoms with Crippen LogP contribution in [0.5, 0.6) is 5.75 Å². The van der Waals surface area contributed by atoms with Crippen LogP contribution in [-0.2, 0) is 5.54 Å². The monoisotopic (exact) mass is 411 g/mol. The van der Waals surface area contributed by atoms with Crippen molar-refractivity contribution in [1.29, 1.82) is 0 Å². The summed E-state index contributed by atoms with van der Waals surface area (Å²) in [6.45, 7) is 8.25. The van der Waals surface area contributed by atoms with Crippen molar-refractivity contribution in [2.24, 2.45) is 0 Å². The number of pyridine rings is 1. The zero-order valence-electron chi connectivity index (χ0n) is 18.2. The SMILES string of the molecule is COc1ccc2cc([C@@H](c3nnnn3C(C)(C)C)[NH+]3CCCCCC3)c(=O)[nH]c2c1. The van der Waals surface area contributed by atoms with E-state index in [4.69, 9.17) is 4.74 Å². The zero-order chi connectivity index (χ0) is 21.3. The van der Waals surface area contributed by atoms with Gasteiger partial charge in [-0.3, -0.25) is 4.79 Å². The first-order valence-electron chi connectivity index (χ1n) is 10.7. The van der Waals surface area contributed by atoms with Crippen LogP contribution >= 0.6 is 0 Å². The number of aromatic nitrogens is 5. The van der Waals surface area contributed by atoms with Crippen molar-refractivity contribution in [1.82, 2.24) is 25.2 Å². The summed E-state index contributed by atoms with van der Waals surface area (Å²) in [4.78, 5) is 17.7. The predicted molar refractivity (Wildman–Crippen MR) is 115 cm³/mol. The molecule has 1 fully saturated rings. The van der Waals surface area contributed by atoms with Gasteiger partial charge in [0.15, 0.2) is 6.04 Å². The zero-order valence-corrected chi connectivity index (χ0v) is 18.2. The van der Waals surface area contributed by atoms with Gasteiger partial charge < -0.3 is 14.6 Å². The molecular formula is C22H31N6O2+. The van der Waals surface area contributed by atoms with Crippen LogP contribution in [-0.4, -0.2) is 45.4 Å². The van der Waals surface area contributed by atoms with E-state index in [1.54, 1.807) is 7.11 Å². The summed E-state index contributed by atoms with van der Waals surface area (Å²) in [6.07, 6.45) is 4.75. The van der Waals surface area contributed by atoms with Crippen LogP contribution < -0.4 is 15.2 Å². The maximum atomic E-state index is 13.3. The summed E-state index contributed by atoms with van der Waals surface area (Å²) in [5.41, 5.74) is 1.10. The van der Waals surface area contributed by atoms with E-state index in [9.17, 15) is 4.79 Å². The van der Waals surface area contributed by atoms with E-state index in [1.807, 2.05) is 28.9 Å². The number of aromatic amines is 1. The van der Waals surface area contributed by atoms with E-state index in [-0.39, 0.29) is 17.1 Å². The lowest BCUT2D eigenvalue weighted by molar-refractivity contribution is -0.925.